The lowest BCUT2D eigenvalue weighted by Crippen LogP contribution is -2.44. The lowest BCUT2D eigenvalue weighted by Gasteiger charge is -2.18. The van der Waals surface area contributed by atoms with Gasteiger partial charge < -0.3 is 20.9 Å². The SMILES string of the molecule is NC1C=CC(C(=O)NC2COCC2C(=O)O)C1. The number of carboxylic acids is 1. The van der Waals surface area contributed by atoms with Gasteiger partial charge in [-0.25, -0.2) is 0 Å². The van der Waals surface area contributed by atoms with Gasteiger partial charge in [0.05, 0.1) is 25.2 Å². The second-order valence-electron chi connectivity index (χ2n) is 4.49. The average molecular weight is 240 g/mol. The normalized spacial score (nSPS) is 36.1. The summed E-state index contributed by atoms with van der Waals surface area (Å²) in [6, 6.07) is -0.522. The van der Waals surface area contributed by atoms with Crippen LogP contribution in [0, 0.1) is 11.8 Å². The van der Waals surface area contributed by atoms with Crippen LogP contribution in [0.2, 0.25) is 0 Å². The van der Waals surface area contributed by atoms with Gasteiger partial charge in [0.2, 0.25) is 5.91 Å². The van der Waals surface area contributed by atoms with Crippen LogP contribution in [-0.2, 0) is 14.3 Å². The number of carboxylic acid groups (broad SMARTS) is 1. The molecule has 0 bridgehead atoms. The molecule has 4 unspecified atom stereocenters. The van der Waals surface area contributed by atoms with E-state index in [2.05, 4.69) is 5.32 Å². The molecule has 0 spiro atoms. The summed E-state index contributed by atoms with van der Waals surface area (Å²) < 4.78 is 5.08. The highest BCUT2D eigenvalue weighted by atomic mass is 16.5. The van der Waals surface area contributed by atoms with Gasteiger partial charge in [-0.15, -0.1) is 0 Å². The van der Waals surface area contributed by atoms with E-state index in [1.54, 1.807) is 12.2 Å². The molecule has 17 heavy (non-hydrogen) atoms. The van der Waals surface area contributed by atoms with E-state index in [0.717, 1.165) is 0 Å². The number of hydrogen-bond acceptors (Lipinski definition) is 4. The fourth-order valence-electron chi connectivity index (χ4n) is 2.15. The number of carbonyl (C=O) groups is 2. The van der Waals surface area contributed by atoms with Crippen LogP contribution in [-0.4, -0.2) is 42.3 Å². The van der Waals surface area contributed by atoms with Crippen molar-refractivity contribution in [3.63, 3.8) is 0 Å². The third kappa shape index (κ3) is 2.65. The first kappa shape index (κ1) is 12.1. The standard InChI is InChI=1S/C11H16N2O4/c12-7-2-1-6(3-7)10(14)13-9-5-17-4-8(9)11(15)16/h1-2,6-9H,3-5,12H2,(H,13,14)(H,15,16). The van der Waals surface area contributed by atoms with Gasteiger partial charge in [-0.05, 0) is 6.42 Å². The van der Waals surface area contributed by atoms with Crippen molar-refractivity contribution in [1.29, 1.82) is 0 Å². The van der Waals surface area contributed by atoms with Gasteiger partial charge in [-0.3, -0.25) is 9.59 Å². The van der Waals surface area contributed by atoms with E-state index in [4.69, 9.17) is 15.6 Å². The molecule has 4 atom stereocenters. The fraction of sp³-hybridized carbons (Fsp3) is 0.636. The lowest BCUT2D eigenvalue weighted by molar-refractivity contribution is -0.142. The molecule has 0 aromatic carbocycles. The van der Waals surface area contributed by atoms with Crippen molar-refractivity contribution in [3.05, 3.63) is 12.2 Å². The molecule has 1 fully saturated rings. The van der Waals surface area contributed by atoms with E-state index >= 15 is 0 Å². The molecule has 6 nitrogen and oxygen atoms in total. The molecule has 2 aliphatic rings. The van der Waals surface area contributed by atoms with Gasteiger partial charge in [-0.2, -0.15) is 0 Å². The van der Waals surface area contributed by atoms with Crippen molar-refractivity contribution in [2.45, 2.75) is 18.5 Å². The van der Waals surface area contributed by atoms with Crippen LogP contribution in [0.3, 0.4) is 0 Å². The molecular weight excluding hydrogens is 224 g/mol. The summed E-state index contributed by atoms with van der Waals surface area (Å²) >= 11 is 0. The molecule has 1 aliphatic carbocycles. The molecule has 0 radical (unpaired) electrons. The van der Waals surface area contributed by atoms with Gasteiger partial charge >= 0.3 is 5.97 Å². The molecule has 0 aromatic rings. The van der Waals surface area contributed by atoms with Crippen LogP contribution in [0.15, 0.2) is 12.2 Å². The third-order valence-electron chi connectivity index (χ3n) is 3.18. The van der Waals surface area contributed by atoms with Crippen LogP contribution in [0.5, 0.6) is 0 Å². The quantitative estimate of drug-likeness (QED) is 0.555. The number of carbonyl (C=O) groups excluding carboxylic acids is 1. The molecule has 4 N–H and O–H groups in total. The highest BCUT2D eigenvalue weighted by molar-refractivity contribution is 5.82. The number of amides is 1. The van der Waals surface area contributed by atoms with E-state index in [-0.39, 0.29) is 31.1 Å². The molecular formula is C11H16N2O4. The molecule has 94 valence electrons. The van der Waals surface area contributed by atoms with Crippen LogP contribution >= 0.6 is 0 Å². The van der Waals surface area contributed by atoms with Gasteiger partial charge in [-0.1, -0.05) is 12.2 Å². The van der Waals surface area contributed by atoms with Crippen molar-refractivity contribution in [2.75, 3.05) is 13.2 Å². The Morgan fingerprint density at radius 1 is 1.35 bits per heavy atom. The summed E-state index contributed by atoms with van der Waals surface area (Å²) in [5, 5.41) is 11.7. The number of aliphatic carboxylic acids is 1. The zero-order valence-corrected chi connectivity index (χ0v) is 9.33. The first-order valence-electron chi connectivity index (χ1n) is 5.62. The van der Waals surface area contributed by atoms with Crippen molar-refractivity contribution < 1.29 is 19.4 Å². The van der Waals surface area contributed by atoms with Crippen LogP contribution in [0.1, 0.15) is 6.42 Å². The molecule has 1 heterocycles. The Kier molecular flexibility index (Phi) is 3.44. The van der Waals surface area contributed by atoms with E-state index in [1.165, 1.54) is 0 Å². The maximum Gasteiger partial charge on any atom is 0.311 e. The van der Waals surface area contributed by atoms with Gasteiger partial charge in [0.25, 0.3) is 0 Å². The summed E-state index contributed by atoms with van der Waals surface area (Å²) in [6.45, 7) is 0.408. The van der Waals surface area contributed by atoms with Gasteiger partial charge in [0, 0.05) is 6.04 Å². The molecule has 1 amide bonds. The topological polar surface area (TPSA) is 102 Å². The summed E-state index contributed by atoms with van der Waals surface area (Å²) in [6.07, 6.45) is 4.15. The first-order valence-corrected chi connectivity index (χ1v) is 5.62. The Morgan fingerprint density at radius 2 is 2.12 bits per heavy atom. The van der Waals surface area contributed by atoms with E-state index in [1.807, 2.05) is 0 Å². The predicted octanol–water partition coefficient (Wildman–Crippen LogP) is -0.894. The Bertz CT molecular complexity index is 355. The number of nitrogens with two attached hydrogens (primary N) is 1. The fourth-order valence-corrected chi connectivity index (χ4v) is 2.15. The minimum atomic E-state index is -0.938. The zero-order valence-electron chi connectivity index (χ0n) is 9.33. The van der Waals surface area contributed by atoms with Crippen LogP contribution in [0.25, 0.3) is 0 Å². The minimum absolute atomic E-state index is 0.0825. The molecule has 2 rings (SSSR count). The number of ether oxygens (including phenoxy) is 1. The average Bonchev–Trinajstić information content (AvgIpc) is 2.86. The lowest BCUT2D eigenvalue weighted by atomic mass is 10.0. The summed E-state index contributed by atoms with van der Waals surface area (Å²) in [5.74, 6) is -2.01. The van der Waals surface area contributed by atoms with Crippen LogP contribution < -0.4 is 11.1 Å². The van der Waals surface area contributed by atoms with Gasteiger partial charge in [0.1, 0.15) is 5.92 Å². The monoisotopic (exact) mass is 240 g/mol. The Balaban J connectivity index is 1.90. The Hall–Kier alpha value is -1.40. The molecule has 1 saturated heterocycles. The van der Waals surface area contributed by atoms with Crippen LogP contribution in [0.4, 0.5) is 0 Å². The summed E-state index contributed by atoms with van der Waals surface area (Å²) in [4.78, 5) is 22.8. The second kappa shape index (κ2) is 4.85. The number of rotatable bonds is 3. The summed E-state index contributed by atoms with van der Waals surface area (Å²) in [7, 11) is 0. The van der Waals surface area contributed by atoms with Crippen molar-refractivity contribution in [3.8, 4) is 0 Å². The molecule has 0 saturated carbocycles. The number of hydrogen-bond donors (Lipinski definition) is 3. The smallest absolute Gasteiger partial charge is 0.311 e. The maximum absolute atomic E-state index is 11.8. The highest BCUT2D eigenvalue weighted by Gasteiger charge is 2.36. The summed E-state index contributed by atoms with van der Waals surface area (Å²) in [5.41, 5.74) is 5.66. The second-order valence-corrected chi connectivity index (χ2v) is 4.49. The van der Waals surface area contributed by atoms with Crippen molar-refractivity contribution in [2.24, 2.45) is 17.6 Å². The Morgan fingerprint density at radius 3 is 2.71 bits per heavy atom. The van der Waals surface area contributed by atoms with Gasteiger partial charge in [0.15, 0.2) is 0 Å². The zero-order chi connectivity index (χ0) is 12.4. The predicted molar refractivity (Wildman–Crippen MR) is 59.1 cm³/mol. The maximum atomic E-state index is 11.8. The van der Waals surface area contributed by atoms with E-state index in [0.29, 0.717) is 6.42 Å². The largest absolute Gasteiger partial charge is 0.481 e. The van der Waals surface area contributed by atoms with E-state index in [9.17, 15) is 9.59 Å². The minimum Gasteiger partial charge on any atom is -0.481 e. The molecule has 6 heteroatoms. The molecule has 0 aromatic heterocycles. The van der Waals surface area contributed by atoms with Crippen molar-refractivity contribution in [1.82, 2.24) is 5.32 Å². The van der Waals surface area contributed by atoms with Crippen molar-refractivity contribution >= 4 is 11.9 Å². The van der Waals surface area contributed by atoms with E-state index < -0.39 is 17.9 Å². The number of nitrogens with one attached hydrogen (secondary N) is 1. The third-order valence-corrected chi connectivity index (χ3v) is 3.18. The first-order chi connectivity index (χ1) is 8.08. The highest BCUT2D eigenvalue weighted by Crippen LogP contribution is 2.19. The molecule has 1 aliphatic heterocycles. The Labute approximate surface area is 98.8 Å².